The van der Waals surface area contributed by atoms with E-state index in [1.807, 2.05) is 26.0 Å². The number of carboxylic acid groups (broad SMARTS) is 1. The lowest BCUT2D eigenvalue weighted by Gasteiger charge is -2.25. The number of carboxylic acids is 1. The molecular formula is C10H19NO2S. The average Bonchev–Trinajstić information content (AvgIpc) is 2.14. The summed E-state index contributed by atoms with van der Waals surface area (Å²) in [6, 6.07) is 0. The van der Waals surface area contributed by atoms with Crippen LogP contribution < -0.4 is 5.32 Å². The molecule has 2 atom stereocenters. The van der Waals surface area contributed by atoms with E-state index in [2.05, 4.69) is 17.9 Å². The average molecular weight is 217 g/mol. The molecule has 0 saturated heterocycles. The molecule has 2 unspecified atom stereocenters. The lowest BCUT2D eigenvalue weighted by Crippen LogP contribution is -2.46. The van der Waals surface area contributed by atoms with Gasteiger partial charge in [-0.15, -0.1) is 12.6 Å². The van der Waals surface area contributed by atoms with Gasteiger partial charge in [-0.25, -0.2) is 4.79 Å². The minimum atomic E-state index is -1.11. The van der Waals surface area contributed by atoms with E-state index in [1.54, 1.807) is 7.05 Å². The van der Waals surface area contributed by atoms with Gasteiger partial charge in [0.1, 0.15) is 0 Å². The Morgan fingerprint density at radius 1 is 1.71 bits per heavy atom. The van der Waals surface area contributed by atoms with E-state index in [0.717, 1.165) is 6.42 Å². The molecule has 14 heavy (non-hydrogen) atoms. The van der Waals surface area contributed by atoms with Crippen LogP contribution in [0.4, 0.5) is 0 Å². The molecule has 82 valence electrons. The highest BCUT2D eigenvalue weighted by Crippen LogP contribution is 2.23. The molecule has 0 spiro atoms. The Bertz CT molecular complexity index is 218. The number of hydrogen-bond acceptors (Lipinski definition) is 3. The fourth-order valence-electron chi connectivity index (χ4n) is 1.25. The first-order valence-electron chi connectivity index (χ1n) is 4.72. The number of allylic oxidation sites excluding steroid dienone is 2. The van der Waals surface area contributed by atoms with E-state index < -0.39 is 10.8 Å². The molecule has 0 aromatic carbocycles. The number of carbonyl (C=O) groups is 1. The van der Waals surface area contributed by atoms with Gasteiger partial charge in [-0.1, -0.05) is 19.1 Å². The van der Waals surface area contributed by atoms with Gasteiger partial charge in [0.25, 0.3) is 0 Å². The molecule has 0 bridgehead atoms. The Kier molecular flexibility index (Phi) is 5.88. The van der Waals surface area contributed by atoms with Gasteiger partial charge >= 0.3 is 5.97 Å². The molecule has 4 heteroatoms. The zero-order chi connectivity index (χ0) is 11.2. The Labute approximate surface area is 91.0 Å². The number of aliphatic carboxylic acids is 1. The van der Waals surface area contributed by atoms with Crippen molar-refractivity contribution in [2.45, 2.75) is 31.6 Å². The van der Waals surface area contributed by atoms with Crippen LogP contribution in [-0.2, 0) is 4.79 Å². The van der Waals surface area contributed by atoms with Crippen LogP contribution in [0.15, 0.2) is 12.2 Å². The second kappa shape index (κ2) is 6.09. The van der Waals surface area contributed by atoms with E-state index in [9.17, 15) is 4.79 Å². The third-order valence-electron chi connectivity index (χ3n) is 2.19. The summed E-state index contributed by atoms with van der Waals surface area (Å²) in [5, 5.41) is 11.7. The van der Waals surface area contributed by atoms with Crippen LogP contribution in [0.25, 0.3) is 0 Å². The van der Waals surface area contributed by atoms with Gasteiger partial charge in [0.05, 0.1) is 0 Å². The first-order valence-corrected chi connectivity index (χ1v) is 5.16. The predicted molar refractivity (Wildman–Crippen MR) is 61.6 cm³/mol. The third kappa shape index (κ3) is 4.15. The van der Waals surface area contributed by atoms with Gasteiger partial charge < -0.3 is 5.11 Å². The normalized spacial score (nSPS) is 18.0. The highest BCUT2D eigenvalue weighted by atomic mass is 32.1. The molecule has 0 aliphatic carbocycles. The molecule has 0 saturated carbocycles. The summed E-state index contributed by atoms with van der Waals surface area (Å²) >= 11 is 4.14. The van der Waals surface area contributed by atoms with Crippen LogP contribution in [0.2, 0.25) is 0 Å². The van der Waals surface area contributed by atoms with Crippen LogP contribution in [0.1, 0.15) is 26.7 Å². The van der Waals surface area contributed by atoms with Crippen molar-refractivity contribution in [3.05, 3.63) is 12.2 Å². The summed E-state index contributed by atoms with van der Waals surface area (Å²) in [5.41, 5.74) is 0. The number of rotatable bonds is 6. The first-order chi connectivity index (χ1) is 6.46. The summed E-state index contributed by atoms with van der Waals surface area (Å²) in [5.74, 6) is -0.622. The van der Waals surface area contributed by atoms with Crippen molar-refractivity contribution >= 4 is 18.6 Å². The molecular weight excluding hydrogens is 198 g/mol. The van der Waals surface area contributed by atoms with Gasteiger partial charge in [0.2, 0.25) is 0 Å². The predicted octanol–water partition coefficient (Wildman–Crippen LogP) is 1.91. The smallest absolute Gasteiger partial charge is 0.334 e. The Morgan fingerprint density at radius 2 is 2.29 bits per heavy atom. The van der Waals surface area contributed by atoms with Crippen molar-refractivity contribution in [2.75, 3.05) is 7.05 Å². The summed E-state index contributed by atoms with van der Waals surface area (Å²) in [4.78, 5) is 9.79. The zero-order valence-corrected chi connectivity index (χ0v) is 9.84. The Hall–Kier alpha value is -0.480. The van der Waals surface area contributed by atoms with E-state index >= 15 is 0 Å². The van der Waals surface area contributed by atoms with Crippen molar-refractivity contribution in [1.29, 1.82) is 0 Å². The molecule has 0 heterocycles. The Morgan fingerprint density at radius 3 is 2.64 bits per heavy atom. The Balaban J connectivity index is 4.24. The van der Waals surface area contributed by atoms with Crippen molar-refractivity contribution in [1.82, 2.24) is 5.32 Å². The number of nitrogens with one attached hydrogen (secondary N) is 1. The third-order valence-corrected chi connectivity index (χ3v) is 2.78. The van der Waals surface area contributed by atoms with Crippen molar-refractivity contribution in [3.63, 3.8) is 0 Å². The molecule has 2 N–H and O–H groups in total. The maximum absolute atomic E-state index is 10.9. The van der Waals surface area contributed by atoms with Crippen LogP contribution in [0.5, 0.6) is 0 Å². The highest BCUT2D eigenvalue weighted by molar-refractivity contribution is 7.82. The SMILES string of the molecule is CC=CCC(C)CC(S)(NC)C(=O)O. The van der Waals surface area contributed by atoms with Gasteiger partial charge in [-0.3, -0.25) is 5.32 Å². The van der Waals surface area contributed by atoms with E-state index in [1.165, 1.54) is 0 Å². The second-order valence-corrected chi connectivity index (χ2v) is 4.29. The fourth-order valence-corrected chi connectivity index (χ4v) is 1.56. The molecule has 0 radical (unpaired) electrons. The summed E-state index contributed by atoms with van der Waals surface area (Å²) in [7, 11) is 1.61. The first kappa shape index (κ1) is 13.5. The number of hydrogen-bond donors (Lipinski definition) is 3. The molecule has 0 aliphatic heterocycles. The van der Waals surface area contributed by atoms with Crippen LogP contribution >= 0.6 is 12.6 Å². The molecule has 0 aliphatic rings. The summed E-state index contributed by atoms with van der Waals surface area (Å²) in [6.45, 7) is 3.97. The van der Waals surface area contributed by atoms with Crippen molar-refractivity contribution in [3.8, 4) is 0 Å². The number of thiol groups is 1. The zero-order valence-electron chi connectivity index (χ0n) is 8.95. The lowest BCUT2D eigenvalue weighted by atomic mass is 9.98. The molecule has 0 aromatic heterocycles. The highest BCUT2D eigenvalue weighted by Gasteiger charge is 2.33. The molecule has 0 aromatic rings. The number of likely N-dealkylation sites (N-methyl/N-ethyl adjacent to an activating group) is 1. The molecule has 0 amide bonds. The van der Waals surface area contributed by atoms with E-state index in [4.69, 9.17) is 5.11 Å². The second-order valence-electron chi connectivity index (χ2n) is 3.53. The summed E-state index contributed by atoms with van der Waals surface area (Å²) in [6.07, 6.45) is 5.40. The van der Waals surface area contributed by atoms with Crippen LogP contribution in [-0.4, -0.2) is 23.0 Å². The van der Waals surface area contributed by atoms with Crippen LogP contribution in [0, 0.1) is 5.92 Å². The topological polar surface area (TPSA) is 49.3 Å². The van der Waals surface area contributed by atoms with Gasteiger partial charge in [-0.05, 0) is 32.7 Å². The molecule has 3 nitrogen and oxygen atoms in total. The minimum absolute atomic E-state index is 0.298. The van der Waals surface area contributed by atoms with Gasteiger partial charge in [0, 0.05) is 0 Å². The molecule has 0 rings (SSSR count). The largest absolute Gasteiger partial charge is 0.479 e. The monoisotopic (exact) mass is 217 g/mol. The van der Waals surface area contributed by atoms with Crippen LogP contribution in [0.3, 0.4) is 0 Å². The fraction of sp³-hybridized carbons (Fsp3) is 0.700. The maximum Gasteiger partial charge on any atom is 0.334 e. The molecule has 0 fully saturated rings. The van der Waals surface area contributed by atoms with Gasteiger partial charge in [0.15, 0.2) is 4.87 Å². The van der Waals surface area contributed by atoms with Crippen molar-refractivity contribution < 1.29 is 9.90 Å². The minimum Gasteiger partial charge on any atom is -0.479 e. The summed E-state index contributed by atoms with van der Waals surface area (Å²) < 4.78 is 0. The quantitative estimate of drug-likeness (QED) is 0.362. The lowest BCUT2D eigenvalue weighted by molar-refractivity contribution is -0.141. The maximum atomic E-state index is 10.9. The van der Waals surface area contributed by atoms with Gasteiger partial charge in [-0.2, -0.15) is 0 Å². The van der Waals surface area contributed by atoms with Crippen molar-refractivity contribution in [2.24, 2.45) is 5.92 Å². The van der Waals surface area contributed by atoms with E-state index in [-0.39, 0.29) is 0 Å². The van der Waals surface area contributed by atoms with E-state index in [0.29, 0.717) is 12.3 Å². The standard InChI is InChI=1S/C10H19NO2S/c1-4-5-6-8(2)7-10(14,11-3)9(12)13/h4-5,8,11,14H,6-7H2,1-3H3,(H,12,13).